The summed E-state index contributed by atoms with van der Waals surface area (Å²) in [6, 6.07) is 24.3. The summed E-state index contributed by atoms with van der Waals surface area (Å²) in [5.74, 6) is 0.662. The van der Waals surface area contributed by atoms with Gasteiger partial charge in [0, 0.05) is 25.1 Å². The van der Waals surface area contributed by atoms with Crippen LogP contribution < -0.4 is 0 Å². The Labute approximate surface area is 186 Å². The SMILES string of the molecule is Cc1nc2ccccn2c1C(=O)N(Cc1ccc(-c2ccccc2)cc1)Cc1ncc[nH]1. The first kappa shape index (κ1) is 19.8. The molecule has 0 fully saturated rings. The summed E-state index contributed by atoms with van der Waals surface area (Å²) >= 11 is 0. The van der Waals surface area contributed by atoms with E-state index < -0.39 is 0 Å². The number of imidazole rings is 2. The summed E-state index contributed by atoms with van der Waals surface area (Å²) in [6.07, 6.45) is 5.35. The van der Waals surface area contributed by atoms with Crippen LogP contribution in [-0.2, 0) is 13.1 Å². The van der Waals surface area contributed by atoms with E-state index in [1.165, 1.54) is 5.56 Å². The van der Waals surface area contributed by atoms with Gasteiger partial charge in [-0.05, 0) is 35.7 Å². The van der Waals surface area contributed by atoms with Gasteiger partial charge in [-0.2, -0.15) is 0 Å². The van der Waals surface area contributed by atoms with Gasteiger partial charge in [-0.1, -0.05) is 60.7 Å². The van der Waals surface area contributed by atoms with E-state index in [0.29, 0.717) is 24.5 Å². The molecule has 6 heteroatoms. The van der Waals surface area contributed by atoms with Crippen LogP contribution in [0.4, 0.5) is 0 Å². The van der Waals surface area contributed by atoms with Crippen LogP contribution in [0.5, 0.6) is 0 Å². The van der Waals surface area contributed by atoms with E-state index in [4.69, 9.17) is 0 Å². The Bertz CT molecular complexity index is 1340. The van der Waals surface area contributed by atoms with Crippen molar-refractivity contribution in [2.24, 2.45) is 0 Å². The molecule has 0 aliphatic rings. The molecule has 3 aromatic heterocycles. The van der Waals surface area contributed by atoms with Gasteiger partial charge >= 0.3 is 0 Å². The van der Waals surface area contributed by atoms with Crippen molar-refractivity contribution in [2.45, 2.75) is 20.0 Å². The predicted octanol–water partition coefficient (Wildman–Crippen LogP) is 4.88. The van der Waals surface area contributed by atoms with Gasteiger partial charge < -0.3 is 9.88 Å². The number of fused-ring (bicyclic) bond motifs is 1. The maximum absolute atomic E-state index is 13.7. The summed E-state index contributed by atoms with van der Waals surface area (Å²) in [6.45, 7) is 2.72. The largest absolute Gasteiger partial charge is 0.347 e. The number of amides is 1. The summed E-state index contributed by atoms with van der Waals surface area (Å²) in [7, 11) is 0. The van der Waals surface area contributed by atoms with Crippen LogP contribution in [0, 0.1) is 6.92 Å². The van der Waals surface area contributed by atoms with Gasteiger partial charge in [-0.15, -0.1) is 0 Å². The molecule has 32 heavy (non-hydrogen) atoms. The quantitative estimate of drug-likeness (QED) is 0.425. The van der Waals surface area contributed by atoms with Gasteiger partial charge in [-0.25, -0.2) is 9.97 Å². The highest BCUT2D eigenvalue weighted by Crippen LogP contribution is 2.21. The molecule has 0 bridgehead atoms. The molecule has 0 aliphatic heterocycles. The van der Waals surface area contributed by atoms with Crippen LogP contribution in [0.1, 0.15) is 27.6 Å². The van der Waals surface area contributed by atoms with Crippen molar-refractivity contribution in [3.63, 3.8) is 0 Å². The number of aromatic nitrogens is 4. The van der Waals surface area contributed by atoms with E-state index in [1.54, 1.807) is 17.3 Å². The number of H-pyrrole nitrogens is 1. The minimum absolute atomic E-state index is 0.0789. The number of carbonyl (C=O) groups excluding carboxylic acids is 1. The molecule has 6 nitrogen and oxygen atoms in total. The highest BCUT2D eigenvalue weighted by atomic mass is 16.2. The first-order chi connectivity index (χ1) is 15.7. The van der Waals surface area contributed by atoms with Gasteiger partial charge in [0.05, 0.1) is 12.2 Å². The third-order valence-corrected chi connectivity index (χ3v) is 5.52. The normalized spacial score (nSPS) is 11.0. The van der Waals surface area contributed by atoms with Crippen molar-refractivity contribution in [2.75, 3.05) is 0 Å². The van der Waals surface area contributed by atoms with E-state index in [-0.39, 0.29) is 5.91 Å². The van der Waals surface area contributed by atoms with Crippen molar-refractivity contribution in [3.8, 4) is 11.1 Å². The highest BCUT2D eigenvalue weighted by molar-refractivity contribution is 5.94. The van der Waals surface area contributed by atoms with Crippen molar-refractivity contribution < 1.29 is 4.79 Å². The molecule has 0 saturated heterocycles. The first-order valence-electron chi connectivity index (χ1n) is 10.5. The Morgan fingerprint density at radius 3 is 2.44 bits per heavy atom. The minimum Gasteiger partial charge on any atom is -0.347 e. The lowest BCUT2D eigenvalue weighted by Crippen LogP contribution is -2.32. The smallest absolute Gasteiger partial charge is 0.273 e. The van der Waals surface area contributed by atoms with Crippen molar-refractivity contribution in [3.05, 3.63) is 114 Å². The maximum Gasteiger partial charge on any atom is 0.273 e. The van der Waals surface area contributed by atoms with E-state index in [2.05, 4.69) is 51.4 Å². The molecule has 1 amide bonds. The zero-order valence-corrected chi connectivity index (χ0v) is 17.8. The number of aromatic amines is 1. The molecule has 0 spiro atoms. The molecule has 5 rings (SSSR count). The van der Waals surface area contributed by atoms with E-state index in [9.17, 15) is 4.79 Å². The minimum atomic E-state index is -0.0789. The van der Waals surface area contributed by atoms with Gasteiger partial charge in [0.2, 0.25) is 0 Å². The number of hydrogen-bond donors (Lipinski definition) is 1. The number of aryl methyl sites for hydroxylation is 1. The lowest BCUT2D eigenvalue weighted by molar-refractivity contribution is 0.0718. The van der Waals surface area contributed by atoms with Gasteiger partial charge in [0.15, 0.2) is 0 Å². The number of hydrogen-bond acceptors (Lipinski definition) is 3. The van der Waals surface area contributed by atoms with Crippen molar-refractivity contribution in [1.29, 1.82) is 0 Å². The predicted molar refractivity (Wildman–Crippen MR) is 124 cm³/mol. The number of nitrogens with zero attached hydrogens (tertiary/aromatic N) is 4. The van der Waals surface area contributed by atoms with Crippen LogP contribution in [0.2, 0.25) is 0 Å². The fraction of sp³-hybridized carbons (Fsp3) is 0.115. The molecule has 2 aromatic carbocycles. The van der Waals surface area contributed by atoms with Crippen molar-refractivity contribution >= 4 is 11.6 Å². The number of carbonyl (C=O) groups is 1. The van der Waals surface area contributed by atoms with E-state index in [0.717, 1.165) is 22.6 Å². The van der Waals surface area contributed by atoms with Gasteiger partial charge in [-0.3, -0.25) is 9.20 Å². The molecule has 0 radical (unpaired) electrons. The molecular weight excluding hydrogens is 398 g/mol. The van der Waals surface area contributed by atoms with Crippen molar-refractivity contribution in [1.82, 2.24) is 24.3 Å². The Hall–Kier alpha value is -4.19. The second-order valence-electron chi connectivity index (χ2n) is 7.73. The lowest BCUT2D eigenvalue weighted by Gasteiger charge is -2.22. The molecule has 0 saturated carbocycles. The topological polar surface area (TPSA) is 66.3 Å². The van der Waals surface area contributed by atoms with Crippen LogP contribution in [0.25, 0.3) is 16.8 Å². The summed E-state index contributed by atoms with van der Waals surface area (Å²) in [4.78, 5) is 27.5. The molecule has 0 atom stereocenters. The molecule has 1 N–H and O–H groups in total. The van der Waals surface area contributed by atoms with Crippen LogP contribution >= 0.6 is 0 Å². The van der Waals surface area contributed by atoms with Gasteiger partial charge in [0.1, 0.15) is 17.2 Å². The Balaban J connectivity index is 1.46. The standard InChI is InChI=1S/C26H23N5O/c1-19-25(31-16-6-5-9-24(31)29-19)26(32)30(18-23-27-14-15-28-23)17-20-10-12-22(13-11-20)21-7-3-2-4-8-21/h2-16H,17-18H2,1H3,(H,27,28). The zero-order chi connectivity index (χ0) is 21.9. The molecule has 5 aromatic rings. The number of benzene rings is 2. The van der Waals surface area contributed by atoms with Crippen LogP contribution in [0.3, 0.4) is 0 Å². The third kappa shape index (κ3) is 3.90. The zero-order valence-electron chi connectivity index (χ0n) is 17.8. The maximum atomic E-state index is 13.7. The summed E-state index contributed by atoms with van der Waals surface area (Å²) in [5, 5.41) is 0. The molecule has 0 aliphatic carbocycles. The summed E-state index contributed by atoms with van der Waals surface area (Å²) < 4.78 is 1.85. The highest BCUT2D eigenvalue weighted by Gasteiger charge is 2.23. The Morgan fingerprint density at radius 1 is 0.938 bits per heavy atom. The average molecular weight is 422 g/mol. The van der Waals surface area contributed by atoms with Crippen LogP contribution in [0.15, 0.2) is 91.4 Å². The van der Waals surface area contributed by atoms with Gasteiger partial charge in [0.25, 0.3) is 5.91 Å². The Morgan fingerprint density at radius 2 is 1.69 bits per heavy atom. The lowest BCUT2D eigenvalue weighted by atomic mass is 10.0. The molecule has 3 heterocycles. The number of nitrogens with one attached hydrogen (secondary N) is 1. The second kappa shape index (κ2) is 8.51. The monoisotopic (exact) mass is 421 g/mol. The molecule has 158 valence electrons. The van der Waals surface area contributed by atoms with E-state index in [1.807, 2.05) is 53.9 Å². The number of pyridine rings is 1. The fourth-order valence-electron chi connectivity index (χ4n) is 3.94. The summed E-state index contributed by atoms with van der Waals surface area (Å²) in [5.41, 5.74) is 5.42. The van der Waals surface area contributed by atoms with Crippen LogP contribution in [-0.4, -0.2) is 30.2 Å². The fourth-order valence-corrected chi connectivity index (χ4v) is 3.94. The number of rotatable bonds is 6. The molecule has 0 unspecified atom stereocenters. The van der Waals surface area contributed by atoms with E-state index >= 15 is 0 Å². The molecular formula is C26H23N5O. The third-order valence-electron chi connectivity index (χ3n) is 5.52. The first-order valence-corrected chi connectivity index (χ1v) is 10.5. The second-order valence-corrected chi connectivity index (χ2v) is 7.73. The Kier molecular flexibility index (Phi) is 5.25. The average Bonchev–Trinajstić information content (AvgIpc) is 3.46.